The van der Waals surface area contributed by atoms with Crippen molar-refractivity contribution in [3.63, 3.8) is 0 Å². The van der Waals surface area contributed by atoms with Crippen LogP contribution in [-0.4, -0.2) is 0 Å². The molecule has 0 amide bonds. The molecule has 0 unspecified atom stereocenters. The van der Waals surface area contributed by atoms with Crippen molar-refractivity contribution >= 4 is 97.0 Å². The van der Waals surface area contributed by atoms with Crippen molar-refractivity contribution in [3.8, 4) is 0 Å². The van der Waals surface area contributed by atoms with Crippen LogP contribution in [0.25, 0.3) is 97.0 Å². The van der Waals surface area contributed by atoms with E-state index in [1.807, 2.05) is 0 Å². The van der Waals surface area contributed by atoms with Gasteiger partial charge in [-0.2, -0.15) is 0 Å². The zero-order valence-corrected chi connectivity index (χ0v) is 18.5. The Labute approximate surface area is 198 Å². The summed E-state index contributed by atoms with van der Waals surface area (Å²) >= 11 is 0. The van der Waals surface area contributed by atoms with Gasteiger partial charge in [0.2, 0.25) is 0 Å². The van der Waals surface area contributed by atoms with E-state index in [1.54, 1.807) is 0 Å². The molecule has 0 radical (unpaired) electrons. The molecule has 0 spiro atoms. The molecule has 0 aliphatic carbocycles. The van der Waals surface area contributed by atoms with Crippen molar-refractivity contribution in [1.82, 2.24) is 0 Å². The molecule has 0 aliphatic rings. The molecule has 10 aromatic carbocycles. The van der Waals surface area contributed by atoms with Crippen LogP contribution in [-0.2, 0) is 17.1 Å². The van der Waals surface area contributed by atoms with Crippen LogP contribution in [0.2, 0.25) is 0 Å². The quantitative estimate of drug-likeness (QED) is 0.122. The number of hydrogen-bond donors (Lipinski definition) is 0. The van der Waals surface area contributed by atoms with E-state index in [4.69, 9.17) is 0 Å². The van der Waals surface area contributed by atoms with E-state index < -0.39 is 0 Å². The Kier molecular flexibility index (Phi) is 2.63. The van der Waals surface area contributed by atoms with Crippen molar-refractivity contribution in [3.05, 3.63) is 84.9 Å². The van der Waals surface area contributed by atoms with E-state index in [-0.39, 0.29) is 17.1 Å². The Balaban J connectivity index is 0.00000168. The van der Waals surface area contributed by atoms with Crippen LogP contribution >= 0.6 is 0 Å². The first-order chi connectivity index (χ1) is 15.9. The van der Waals surface area contributed by atoms with Gasteiger partial charge in [-0.15, -0.1) is 0 Å². The summed E-state index contributed by atoms with van der Waals surface area (Å²) in [5, 5.41) is 25.4. The molecule has 0 nitrogen and oxygen atoms in total. The summed E-state index contributed by atoms with van der Waals surface area (Å²) in [6, 6.07) is 32.6. The molecule has 0 aliphatic heterocycles. The maximum atomic E-state index is 2.42. The van der Waals surface area contributed by atoms with Gasteiger partial charge in [0.1, 0.15) is 0 Å². The minimum absolute atomic E-state index is 0. The van der Waals surface area contributed by atoms with Gasteiger partial charge in [0.25, 0.3) is 0 Å². The van der Waals surface area contributed by atoms with Crippen molar-refractivity contribution in [2.24, 2.45) is 0 Å². The first-order valence-electron chi connectivity index (χ1n) is 11.4. The summed E-state index contributed by atoms with van der Waals surface area (Å²) in [4.78, 5) is 0. The fourth-order valence-corrected chi connectivity index (χ4v) is 7.18. The van der Waals surface area contributed by atoms with Gasteiger partial charge >= 0.3 is 0 Å². The number of hydrogen-bond acceptors (Lipinski definition) is 0. The average molecular weight is 454 g/mol. The Hall–Kier alpha value is -3.64. The number of rotatable bonds is 0. The van der Waals surface area contributed by atoms with Crippen LogP contribution in [0.3, 0.4) is 0 Å². The zero-order chi connectivity index (χ0) is 20.3. The summed E-state index contributed by atoms with van der Waals surface area (Å²) in [5.74, 6) is 0. The summed E-state index contributed by atoms with van der Waals surface area (Å²) < 4.78 is 0. The molecular formula is C32H14Fe. The van der Waals surface area contributed by atoms with Gasteiger partial charge in [-0.1, -0.05) is 72.8 Å². The molecule has 0 aromatic heterocycles. The topological polar surface area (TPSA) is 0 Å². The third-order valence-corrected chi connectivity index (χ3v) is 8.34. The maximum absolute atomic E-state index is 2.42. The minimum atomic E-state index is 0. The second-order valence-corrected chi connectivity index (χ2v) is 9.68. The van der Waals surface area contributed by atoms with Crippen LogP contribution in [0, 0.1) is 0 Å². The van der Waals surface area contributed by atoms with Gasteiger partial charge in [0.05, 0.1) is 0 Å². The second-order valence-electron chi connectivity index (χ2n) is 9.68. The standard InChI is InChI=1S/C32H14.Fe/c1-2-16-6-10-20-14-22-12-8-18-4-3-17-7-11-21-13-19-9-5-15(1)23-24(16)28(20)32-30(22)26(18)25(17)29(21)31(32)27(19)23;/h1-14H;. The third-order valence-electron chi connectivity index (χ3n) is 8.34. The summed E-state index contributed by atoms with van der Waals surface area (Å²) in [7, 11) is 0. The van der Waals surface area contributed by atoms with Gasteiger partial charge < -0.3 is 0 Å². The Morgan fingerprint density at radius 1 is 0.212 bits per heavy atom. The van der Waals surface area contributed by atoms with E-state index in [2.05, 4.69) is 84.9 Å². The van der Waals surface area contributed by atoms with Crippen molar-refractivity contribution in [1.29, 1.82) is 0 Å². The van der Waals surface area contributed by atoms with Crippen LogP contribution in [0.1, 0.15) is 0 Å². The first kappa shape index (κ1) is 16.9. The van der Waals surface area contributed by atoms with E-state index in [0.717, 1.165) is 0 Å². The summed E-state index contributed by atoms with van der Waals surface area (Å²) in [5.41, 5.74) is 0. The molecule has 0 saturated carbocycles. The van der Waals surface area contributed by atoms with Crippen LogP contribution in [0.4, 0.5) is 0 Å². The SMILES string of the molecule is [Fe].c1cc2ccc3cc4ccc5ccc6ccc7cc8ccc1c1c2c3c2c4c5c6c7c2c81. The van der Waals surface area contributed by atoms with Crippen LogP contribution in [0.15, 0.2) is 84.9 Å². The fourth-order valence-electron chi connectivity index (χ4n) is 7.18. The summed E-state index contributed by atoms with van der Waals surface area (Å²) in [6.07, 6.45) is 0. The van der Waals surface area contributed by atoms with E-state index in [0.29, 0.717) is 0 Å². The van der Waals surface area contributed by atoms with Gasteiger partial charge in [-0.05, 0) is 109 Å². The van der Waals surface area contributed by atoms with Gasteiger partial charge in [-0.3, -0.25) is 0 Å². The first-order valence-corrected chi connectivity index (χ1v) is 11.4. The predicted molar refractivity (Wildman–Crippen MR) is 140 cm³/mol. The zero-order valence-electron chi connectivity index (χ0n) is 17.4. The Morgan fingerprint density at radius 2 is 0.394 bits per heavy atom. The van der Waals surface area contributed by atoms with Gasteiger partial charge in [-0.25, -0.2) is 0 Å². The molecule has 0 heterocycles. The smallest absolute Gasteiger partial charge is 0 e. The third kappa shape index (κ3) is 1.62. The molecule has 0 N–H and O–H groups in total. The molecule has 0 bridgehead atoms. The van der Waals surface area contributed by atoms with Crippen LogP contribution < -0.4 is 0 Å². The molecule has 10 aromatic rings. The molecule has 150 valence electrons. The largest absolute Gasteiger partial charge is 0.0537 e. The van der Waals surface area contributed by atoms with Crippen molar-refractivity contribution in [2.45, 2.75) is 0 Å². The Bertz CT molecular complexity index is 2010. The van der Waals surface area contributed by atoms with E-state index in [9.17, 15) is 0 Å². The minimum Gasteiger partial charge on any atom is -0.0537 e. The maximum Gasteiger partial charge on any atom is 0 e. The average Bonchev–Trinajstić information content (AvgIpc) is 2.85. The van der Waals surface area contributed by atoms with Gasteiger partial charge in [0, 0.05) is 17.1 Å². The van der Waals surface area contributed by atoms with E-state index in [1.165, 1.54) is 97.0 Å². The molecule has 0 atom stereocenters. The Morgan fingerprint density at radius 3 is 0.636 bits per heavy atom. The molecule has 10 rings (SSSR count). The molecule has 33 heavy (non-hydrogen) atoms. The normalized spacial score (nSPS) is 13.2. The van der Waals surface area contributed by atoms with Crippen LogP contribution in [0.5, 0.6) is 0 Å². The van der Waals surface area contributed by atoms with Crippen molar-refractivity contribution < 1.29 is 17.1 Å². The second kappa shape index (κ2) is 5.12. The van der Waals surface area contributed by atoms with Crippen molar-refractivity contribution in [2.75, 3.05) is 0 Å². The van der Waals surface area contributed by atoms with E-state index >= 15 is 0 Å². The molecule has 1 heteroatoms. The predicted octanol–water partition coefficient (Wildman–Crippen LogP) is 9.25. The number of benzene rings is 10. The summed E-state index contributed by atoms with van der Waals surface area (Å²) in [6.45, 7) is 0. The molecule has 0 saturated heterocycles. The van der Waals surface area contributed by atoms with Gasteiger partial charge in [0.15, 0.2) is 0 Å². The molecular weight excluding hydrogens is 440 g/mol. The fraction of sp³-hybridized carbons (Fsp3) is 0. The molecule has 0 fully saturated rings. The monoisotopic (exact) mass is 454 g/mol.